The van der Waals surface area contributed by atoms with Gasteiger partial charge in [0.2, 0.25) is 0 Å². The number of hydrogen-bond acceptors (Lipinski definition) is 18. The van der Waals surface area contributed by atoms with Gasteiger partial charge in [-0.3, -0.25) is 47.9 Å². The summed E-state index contributed by atoms with van der Waals surface area (Å²) in [7, 11) is 10.4. The first-order valence-corrected chi connectivity index (χ1v) is 29.2. The zero-order valence-corrected chi connectivity index (χ0v) is 53.2. The van der Waals surface area contributed by atoms with Crippen LogP contribution in [0, 0.1) is 0 Å². The zero-order chi connectivity index (χ0) is 66.5. The third kappa shape index (κ3) is 18.5. The van der Waals surface area contributed by atoms with Crippen molar-refractivity contribution in [2.45, 2.75) is 53.4 Å². The van der Waals surface area contributed by atoms with Gasteiger partial charge in [0.25, 0.3) is 47.3 Å². The molecular formula is C62H84N10O18. The summed E-state index contributed by atoms with van der Waals surface area (Å²) in [5.41, 5.74) is 0.276. The summed E-state index contributed by atoms with van der Waals surface area (Å²) < 4.78 is 44.3. The first-order valence-electron chi connectivity index (χ1n) is 29.2. The highest BCUT2D eigenvalue weighted by Gasteiger charge is 2.31. The van der Waals surface area contributed by atoms with Crippen molar-refractivity contribution in [1.82, 2.24) is 52.3 Å². The van der Waals surface area contributed by atoms with Gasteiger partial charge in [-0.15, -0.1) is 0 Å². The topological polar surface area (TPSA) is 347 Å². The van der Waals surface area contributed by atoms with Gasteiger partial charge < -0.3 is 90.2 Å². The van der Waals surface area contributed by atoms with Crippen LogP contribution >= 0.6 is 0 Å². The van der Waals surface area contributed by atoms with E-state index in [0.29, 0.717) is 51.9 Å². The Balaban J connectivity index is 1.73. The maximum absolute atomic E-state index is 14.8. The van der Waals surface area contributed by atoms with Crippen LogP contribution in [0.25, 0.3) is 0 Å². The van der Waals surface area contributed by atoms with E-state index in [1.165, 1.54) is 105 Å². The predicted molar refractivity (Wildman–Crippen MR) is 331 cm³/mol. The Labute approximate surface area is 523 Å². The molecule has 0 aliphatic heterocycles. The molecule has 4 aromatic carbocycles. The van der Waals surface area contributed by atoms with E-state index >= 15 is 0 Å². The Morgan fingerprint density at radius 2 is 0.389 bits per heavy atom. The van der Waals surface area contributed by atoms with Crippen LogP contribution < -0.4 is 80.4 Å². The fourth-order valence-electron chi connectivity index (χ4n) is 9.14. The van der Waals surface area contributed by atoms with E-state index in [1.807, 2.05) is 27.7 Å². The van der Waals surface area contributed by atoms with Gasteiger partial charge in [-0.1, -0.05) is 27.7 Å². The molecule has 4 rings (SSSR count). The standard InChI is InChI=1S/C62H84N10O18/c1-13-25-63-53(73)37-17-21-41(49(87-9)45(37)83-5)57(77)67-29-33-71(34-30-68-58(78)42-22-18-38(54(74)64-26-14-2)46(84-6)50(42)88-10)61(81)62(82)72(35-31-69-59(79)43-23-19-39(55(75)65-27-15-3)47(85-7)51(43)89-11)36-32-70-60(80)44-24-20-40(56(76)66-28-16-4)48(86-8)52(44)90-12/h17-24H,13-16,25-36H2,1-12H3,(H,63,73)(H,64,74)(H,65,75)(H,66,76)(H,67,77)(H,68,78)(H,69,79)(H,70,80). The lowest BCUT2D eigenvalue weighted by molar-refractivity contribution is -0.151. The Hall–Kier alpha value is -10.0. The molecule has 0 aliphatic carbocycles. The molecule has 28 heteroatoms. The van der Waals surface area contributed by atoms with E-state index in [-0.39, 0.29) is 143 Å². The van der Waals surface area contributed by atoms with Crippen molar-refractivity contribution < 1.29 is 85.8 Å². The Morgan fingerprint density at radius 1 is 0.256 bits per heavy atom. The summed E-state index contributed by atoms with van der Waals surface area (Å²) in [6.07, 6.45) is 2.64. The first kappa shape index (κ1) is 72.5. The van der Waals surface area contributed by atoms with E-state index in [9.17, 15) is 47.9 Å². The number of benzene rings is 4. The molecule has 0 spiro atoms. The summed E-state index contributed by atoms with van der Waals surface area (Å²) in [6.45, 7) is 6.40. The Bertz CT molecular complexity index is 2810. The summed E-state index contributed by atoms with van der Waals surface area (Å²) >= 11 is 0. The van der Waals surface area contributed by atoms with Crippen LogP contribution in [0.15, 0.2) is 48.5 Å². The number of amides is 10. The lowest BCUT2D eigenvalue weighted by Gasteiger charge is -2.28. The van der Waals surface area contributed by atoms with Gasteiger partial charge in [0.15, 0.2) is 46.0 Å². The molecule has 28 nitrogen and oxygen atoms in total. The van der Waals surface area contributed by atoms with Gasteiger partial charge in [-0.25, -0.2) is 0 Å². The number of ether oxygens (including phenoxy) is 8. The van der Waals surface area contributed by atoms with Crippen molar-refractivity contribution in [3.05, 3.63) is 93.0 Å². The molecular weight excluding hydrogens is 1170 g/mol. The second-order valence-electron chi connectivity index (χ2n) is 19.5. The van der Waals surface area contributed by atoms with Crippen molar-refractivity contribution in [3.63, 3.8) is 0 Å². The van der Waals surface area contributed by atoms with Crippen molar-refractivity contribution >= 4 is 59.1 Å². The third-order valence-electron chi connectivity index (χ3n) is 13.6. The van der Waals surface area contributed by atoms with Gasteiger partial charge in [0.05, 0.1) is 101 Å². The quantitative estimate of drug-likeness (QED) is 0.0303. The molecule has 90 heavy (non-hydrogen) atoms. The van der Waals surface area contributed by atoms with Crippen molar-refractivity contribution in [1.29, 1.82) is 0 Å². The second-order valence-corrected chi connectivity index (χ2v) is 19.5. The predicted octanol–water partition coefficient (Wildman–Crippen LogP) is 2.99. The molecule has 0 radical (unpaired) electrons. The fraction of sp³-hybridized carbons (Fsp3) is 0.452. The monoisotopic (exact) mass is 1260 g/mol. The molecule has 10 amide bonds. The number of rotatable bonds is 36. The van der Waals surface area contributed by atoms with Gasteiger partial charge >= 0.3 is 11.8 Å². The lowest BCUT2D eigenvalue weighted by Crippen LogP contribution is -2.52. The molecule has 8 N–H and O–H groups in total. The molecule has 0 heterocycles. The van der Waals surface area contributed by atoms with E-state index in [0.717, 1.165) is 9.80 Å². The summed E-state index contributed by atoms with van der Waals surface area (Å²) in [5.74, 6) is -7.31. The Morgan fingerprint density at radius 3 is 0.511 bits per heavy atom. The van der Waals surface area contributed by atoms with Crippen LogP contribution in [0.5, 0.6) is 46.0 Å². The number of carbonyl (C=O) groups excluding carboxylic acids is 10. The first-order chi connectivity index (χ1) is 43.4. The summed E-state index contributed by atoms with van der Waals surface area (Å²) in [5, 5.41) is 21.9. The molecule has 0 fully saturated rings. The Kier molecular flexibility index (Phi) is 29.8. The third-order valence-corrected chi connectivity index (χ3v) is 13.6. The fourth-order valence-corrected chi connectivity index (χ4v) is 9.14. The number of nitrogens with one attached hydrogen (secondary N) is 8. The van der Waals surface area contributed by atoms with Crippen LogP contribution in [-0.4, -0.2) is 204 Å². The molecule has 0 aromatic heterocycles. The van der Waals surface area contributed by atoms with Crippen molar-refractivity contribution in [2.24, 2.45) is 0 Å². The minimum Gasteiger partial charge on any atom is -0.492 e. The van der Waals surface area contributed by atoms with Crippen molar-refractivity contribution in [2.75, 3.05) is 135 Å². The highest BCUT2D eigenvalue weighted by atomic mass is 16.5. The molecule has 4 aromatic rings. The van der Waals surface area contributed by atoms with E-state index in [1.54, 1.807) is 0 Å². The van der Waals surface area contributed by atoms with E-state index < -0.39 is 59.1 Å². The van der Waals surface area contributed by atoms with Gasteiger partial charge in [-0.2, -0.15) is 0 Å². The zero-order valence-electron chi connectivity index (χ0n) is 53.2. The van der Waals surface area contributed by atoms with Crippen LogP contribution in [0.4, 0.5) is 0 Å². The van der Waals surface area contributed by atoms with Crippen molar-refractivity contribution in [3.8, 4) is 46.0 Å². The maximum atomic E-state index is 14.8. The van der Waals surface area contributed by atoms with Gasteiger partial charge in [-0.05, 0) is 74.2 Å². The van der Waals surface area contributed by atoms with E-state index in [2.05, 4.69) is 42.5 Å². The van der Waals surface area contributed by atoms with Crippen LogP contribution in [0.2, 0.25) is 0 Å². The number of hydrogen-bond donors (Lipinski definition) is 8. The highest BCUT2D eigenvalue weighted by Crippen LogP contribution is 2.38. The van der Waals surface area contributed by atoms with Crippen LogP contribution in [-0.2, 0) is 9.59 Å². The minimum atomic E-state index is -1.15. The SMILES string of the molecule is CCCNC(=O)c1ccc(C(=O)NCCN(CCNC(=O)c2ccc(C(=O)NCCC)c(OC)c2OC)C(=O)C(=O)N(CCNC(=O)c2ccc(C(=O)NCCC)c(OC)c2OC)CCNC(=O)c2ccc(C(=O)NCCC)c(OC)c2OC)c(OC)c1OC. The van der Waals surface area contributed by atoms with Gasteiger partial charge in [0, 0.05) is 78.5 Å². The molecule has 0 saturated carbocycles. The number of nitrogens with zero attached hydrogens (tertiary/aromatic N) is 2. The van der Waals surface area contributed by atoms with E-state index in [4.69, 9.17) is 37.9 Å². The largest absolute Gasteiger partial charge is 0.492 e. The molecule has 0 atom stereocenters. The molecule has 0 aliphatic rings. The summed E-state index contributed by atoms with van der Waals surface area (Å²) in [6, 6.07) is 11.1. The molecule has 0 unspecified atom stereocenters. The lowest BCUT2D eigenvalue weighted by atomic mass is 10.1. The maximum Gasteiger partial charge on any atom is 0.312 e. The summed E-state index contributed by atoms with van der Waals surface area (Å²) in [4.78, 5) is 140. The molecule has 0 saturated heterocycles. The molecule has 490 valence electrons. The van der Waals surface area contributed by atoms with Crippen LogP contribution in [0.3, 0.4) is 0 Å². The number of carbonyl (C=O) groups is 10. The normalized spacial score (nSPS) is 10.5. The highest BCUT2D eigenvalue weighted by molar-refractivity contribution is 6.35. The second kappa shape index (κ2) is 37.0. The average molecular weight is 1260 g/mol. The minimum absolute atomic E-state index is 0.0137. The average Bonchev–Trinajstić information content (AvgIpc) is 1.10. The van der Waals surface area contributed by atoms with Gasteiger partial charge in [0.1, 0.15) is 0 Å². The smallest absolute Gasteiger partial charge is 0.312 e. The van der Waals surface area contributed by atoms with Crippen LogP contribution in [0.1, 0.15) is 136 Å². The molecule has 0 bridgehead atoms. The number of methoxy groups -OCH3 is 8.